The lowest BCUT2D eigenvalue weighted by Crippen LogP contribution is -2.21. The minimum atomic E-state index is 0.241. The van der Waals surface area contributed by atoms with Crippen LogP contribution in [0.2, 0.25) is 0 Å². The topological polar surface area (TPSA) is 38.0 Å². The summed E-state index contributed by atoms with van der Waals surface area (Å²) in [6.07, 6.45) is 2.16. The van der Waals surface area contributed by atoms with Gasteiger partial charge in [-0.2, -0.15) is 0 Å². The molecule has 2 heteroatoms. The number of nitrogens with two attached hydrogens (primary N) is 1. The summed E-state index contributed by atoms with van der Waals surface area (Å²) in [5, 5.41) is 3.18. The van der Waals surface area contributed by atoms with Gasteiger partial charge in [0.25, 0.3) is 0 Å². The quantitative estimate of drug-likeness (QED) is 0.463. The van der Waals surface area contributed by atoms with Crippen molar-refractivity contribution in [2.24, 2.45) is 5.73 Å². The third-order valence-electron chi connectivity index (χ3n) is 1.42. The largest absolute Gasteiger partial charge is 0.324 e. The molecule has 0 saturated carbocycles. The first-order valence-electron chi connectivity index (χ1n) is 2.96. The number of rotatable bonds is 1. The van der Waals surface area contributed by atoms with Crippen LogP contribution in [0, 0.1) is 0 Å². The van der Waals surface area contributed by atoms with Crippen LogP contribution in [0.4, 0.5) is 0 Å². The van der Waals surface area contributed by atoms with Crippen LogP contribution in [0.5, 0.6) is 0 Å². The van der Waals surface area contributed by atoms with Crippen molar-refractivity contribution in [3.05, 3.63) is 11.6 Å². The van der Waals surface area contributed by atoms with Crippen LogP contribution in [-0.4, -0.2) is 19.1 Å². The lowest BCUT2D eigenvalue weighted by molar-refractivity contribution is 0.794. The third-order valence-corrected chi connectivity index (χ3v) is 1.42. The van der Waals surface area contributed by atoms with Crippen molar-refractivity contribution in [1.82, 2.24) is 5.32 Å². The van der Waals surface area contributed by atoms with Gasteiger partial charge >= 0.3 is 0 Å². The van der Waals surface area contributed by atoms with Crippen molar-refractivity contribution in [2.75, 3.05) is 13.1 Å². The van der Waals surface area contributed by atoms with E-state index in [0.29, 0.717) is 0 Å². The second kappa shape index (κ2) is 2.29. The molecule has 0 aromatic carbocycles. The Morgan fingerprint density at radius 3 is 2.88 bits per heavy atom. The van der Waals surface area contributed by atoms with Crippen LogP contribution in [0.3, 0.4) is 0 Å². The maximum atomic E-state index is 5.59. The van der Waals surface area contributed by atoms with E-state index in [-0.39, 0.29) is 6.04 Å². The number of nitrogens with one attached hydrogen (secondary N) is 1. The summed E-state index contributed by atoms with van der Waals surface area (Å²) >= 11 is 0. The zero-order chi connectivity index (χ0) is 5.98. The van der Waals surface area contributed by atoms with Crippen molar-refractivity contribution in [2.45, 2.75) is 13.0 Å². The molecule has 1 unspecified atom stereocenters. The van der Waals surface area contributed by atoms with Gasteiger partial charge in [0, 0.05) is 19.1 Å². The molecule has 1 heterocycles. The Kier molecular flexibility index (Phi) is 1.65. The zero-order valence-corrected chi connectivity index (χ0v) is 5.15. The third kappa shape index (κ3) is 1.08. The monoisotopic (exact) mass is 112 g/mol. The molecule has 0 fully saturated rings. The maximum Gasteiger partial charge on any atom is 0.0237 e. The predicted molar refractivity (Wildman–Crippen MR) is 34.6 cm³/mol. The molecule has 46 valence electrons. The van der Waals surface area contributed by atoms with Crippen molar-refractivity contribution in [1.29, 1.82) is 0 Å². The molecule has 0 aliphatic carbocycles. The van der Waals surface area contributed by atoms with E-state index in [0.717, 1.165) is 13.1 Å². The summed E-state index contributed by atoms with van der Waals surface area (Å²) < 4.78 is 0. The molecular formula is C6H12N2. The van der Waals surface area contributed by atoms with E-state index in [4.69, 9.17) is 5.73 Å². The fourth-order valence-electron chi connectivity index (χ4n) is 0.839. The van der Waals surface area contributed by atoms with Gasteiger partial charge in [-0.1, -0.05) is 6.08 Å². The van der Waals surface area contributed by atoms with Gasteiger partial charge in [0.2, 0.25) is 0 Å². The molecule has 0 aromatic heterocycles. The predicted octanol–water partition coefficient (Wildman–Crippen LogP) is -0.137. The Balaban J connectivity index is 2.45. The van der Waals surface area contributed by atoms with E-state index in [1.165, 1.54) is 5.57 Å². The van der Waals surface area contributed by atoms with E-state index >= 15 is 0 Å². The van der Waals surface area contributed by atoms with Gasteiger partial charge in [0.15, 0.2) is 0 Å². The molecule has 1 aliphatic heterocycles. The van der Waals surface area contributed by atoms with Gasteiger partial charge in [-0.25, -0.2) is 0 Å². The minimum absolute atomic E-state index is 0.241. The fraction of sp³-hybridized carbons (Fsp3) is 0.667. The Hall–Kier alpha value is -0.340. The summed E-state index contributed by atoms with van der Waals surface area (Å²) in [4.78, 5) is 0. The van der Waals surface area contributed by atoms with E-state index in [2.05, 4.69) is 11.4 Å². The first-order valence-corrected chi connectivity index (χ1v) is 2.96. The maximum absolute atomic E-state index is 5.59. The molecule has 1 aliphatic rings. The van der Waals surface area contributed by atoms with Crippen LogP contribution in [0.25, 0.3) is 0 Å². The Morgan fingerprint density at radius 1 is 1.88 bits per heavy atom. The fourth-order valence-corrected chi connectivity index (χ4v) is 0.839. The summed E-state index contributed by atoms with van der Waals surface area (Å²) in [6.45, 7) is 3.99. The average molecular weight is 112 g/mol. The SMILES string of the molecule is CC(N)C1=CCNC1. The van der Waals surface area contributed by atoms with E-state index in [1.54, 1.807) is 0 Å². The van der Waals surface area contributed by atoms with E-state index < -0.39 is 0 Å². The summed E-state index contributed by atoms with van der Waals surface area (Å²) in [6, 6.07) is 0.241. The van der Waals surface area contributed by atoms with Crippen molar-refractivity contribution in [3.63, 3.8) is 0 Å². The van der Waals surface area contributed by atoms with Gasteiger partial charge in [-0.05, 0) is 12.5 Å². The van der Waals surface area contributed by atoms with Crippen molar-refractivity contribution >= 4 is 0 Å². The molecule has 0 aromatic rings. The van der Waals surface area contributed by atoms with E-state index in [1.807, 2.05) is 6.92 Å². The summed E-state index contributed by atoms with van der Waals surface area (Å²) in [7, 11) is 0. The highest BCUT2D eigenvalue weighted by Gasteiger charge is 2.05. The molecule has 0 amide bonds. The lowest BCUT2D eigenvalue weighted by atomic mass is 10.1. The van der Waals surface area contributed by atoms with Crippen LogP contribution < -0.4 is 11.1 Å². The van der Waals surface area contributed by atoms with Crippen LogP contribution in [0.1, 0.15) is 6.92 Å². The second-order valence-electron chi connectivity index (χ2n) is 2.20. The zero-order valence-electron chi connectivity index (χ0n) is 5.15. The normalized spacial score (nSPS) is 23.0. The number of hydrogen-bond acceptors (Lipinski definition) is 2. The highest BCUT2D eigenvalue weighted by atomic mass is 14.9. The minimum Gasteiger partial charge on any atom is -0.324 e. The summed E-state index contributed by atoms with van der Waals surface area (Å²) in [5.74, 6) is 0. The molecule has 8 heavy (non-hydrogen) atoms. The van der Waals surface area contributed by atoms with Crippen LogP contribution in [0.15, 0.2) is 11.6 Å². The van der Waals surface area contributed by atoms with Gasteiger partial charge < -0.3 is 11.1 Å². The van der Waals surface area contributed by atoms with Crippen molar-refractivity contribution < 1.29 is 0 Å². The first-order chi connectivity index (χ1) is 3.80. The second-order valence-corrected chi connectivity index (χ2v) is 2.20. The molecule has 3 N–H and O–H groups in total. The van der Waals surface area contributed by atoms with Crippen molar-refractivity contribution in [3.8, 4) is 0 Å². The molecule has 0 saturated heterocycles. The molecule has 0 bridgehead atoms. The first kappa shape index (κ1) is 5.79. The Labute approximate surface area is 49.8 Å². The van der Waals surface area contributed by atoms with Gasteiger partial charge in [-0.3, -0.25) is 0 Å². The average Bonchev–Trinajstić information content (AvgIpc) is 2.12. The molecule has 1 rings (SSSR count). The molecule has 0 radical (unpaired) electrons. The molecule has 1 atom stereocenters. The van der Waals surface area contributed by atoms with Gasteiger partial charge in [0.05, 0.1) is 0 Å². The lowest BCUT2D eigenvalue weighted by Gasteiger charge is -2.03. The number of hydrogen-bond donors (Lipinski definition) is 2. The molecule has 0 spiro atoms. The van der Waals surface area contributed by atoms with Crippen LogP contribution in [-0.2, 0) is 0 Å². The van der Waals surface area contributed by atoms with E-state index in [9.17, 15) is 0 Å². The van der Waals surface area contributed by atoms with Gasteiger partial charge in [-0.15, -0.1) is 0 Å². The standard InChI is InChI=1S/C6H12N2/c1-5(7)6-2-3-8-4-6/h2,5,8H,3-4,7H2,1H3. The highest BCUT2D eigenvalue weighted by molar-refractivity contribution is 5.15. The Morgan fingerprint density at radius 2 is 2.62 bits per heavy atom. The van der Waals surface area contributed by atoms with Crippen LogP contribution >= 0.6 is 0 Å². The molecular weight excluding hydrogens is 100 g/mol. The Bertz CT molecular complexity index is 105. The summed E-state index contributed by atoms with van der Waals surface area (Å²) in [5.41, 5.74) is 6.93. The van der Waals surface area contributed by atoms with Gasteiger partial charge in [0.1, 0.15) is 0 Å². The molecule has 2 nitrogen and oxygen atoms in total. The highest BCUT2D eigenvalue weighted by Crippen LogP contribution is 2.00. The smallest absolute Gasteiger partial charge is 0.0237 e.